The fourth-order valence-corrected chi connectivity index (χ4v) is 2.09. The van der Waals surface area contributed by atoms with Crippen LogP contribution in [0.3, 0.4) is 0 Å². The lowest BCUT2D eigenvalue weighted by molar-refractivity contribution is -0.141. The van der Waals surface area contributed by atoms with Crippen LogP contribution in [0.5, 0.6) is 0 Å². The summed E-state index contributed by atoms with van der Waals surface area (Å²) < 4.78 is 0.981. The summed E-state index contributed by atoms with van der Waals surface area (Å²) in [6, 6.07) is 6.82. The van der Waals surface area contributed by atoms with Gasteiger partial charge in [-0.25, -0.2) is 4.79 Å². The van der Waals surface area contributed by atoms with Gasteiger partial charge < -0.3 is 10.4 Å². The number of carboxylic acids is 1. The minimum Gasteiger partial charge on any atom is -0.480 e. The molecule has 2 unspecified atom stereocenters. The molecule has 2 atom stereocenters. The van der Waals surface area contributed by atoms with Crippen molar-refractivity contribution in [3.63, 3.8) is 0 Å². The van der Waals surface area contributed by atoms with Crippen LogP contribution < -0.4 is 5.32 Å². The van der Waals surface area contributed by atoms with E-state index < -0.39 is 12.0 Å². The van der Waals surface area contributed by atoms with Crippen molar-refractivity contribution in [1.29, 1.82) is 0 Å². The van der Waals surface area contributed by atoms with E-state index in [-0.39, 0.29) is 24.7 Å². The Labute approximate surface area is 127 Å². The van der Waals surface area contributed by atoms with Crippen molar-refractivity contribution in [2.24, 2.45) is 0 Å². The van der Waals surface area contributed by atoms with Crippen molar-refractivity contribution in [3.05, 3.63) is 47.0 Å². The molecule has 4 nitrogen and oxygen atoms in total. The smallest absolute Gasteiger partial charge is 0.326 e. The number of carbonyl (C=O) groups is 2. The zero-order chi connectivity index (χ0) is 15.1. The van der Waals surface area contributed by atoms with Gasteiger partial charge in [-0.3, -0.25) is 4.79 Å². The van der Waals surface area contributed by atoms with Crippen LogP contribution in [-0.4, -0.2) is 23.0 Å². The Kier molecular flexibility index (Phi) is 6.45. The first-order chi connectivity index (χ1) is 9.43. The van der Waals surface area contributed by atoms with Gasteiger partial charge in [-0.2, -0.15) is 0 Å². The summed E-state index contributed by atoms with van der Waals surface area (Å²) in [6.45, 7) is 5.42. The molecule has 1 aromatic rings. The molecule has 0 bridgehead atoms. The highest BCUT2D eigenvalue weighted by Gasteiger charge is 2.19. The highest BCUT2D eigenvalue weighted by atomic mass is 79.9. The van der Waals surface area contributed by atoms with Crippen LogP contribution in [0.4, 0.5) is 0 Å². The molecular weight excluding hydrogens is 322 g/mol. The van der Waals surface area contributed by atoms with Gasteiger partial charge in [0.1, 0.15) is 6.04 Å². The topological polar surface area (TPSA) is 66.4 Å². The molecular formula is C15H18BrNO3. The van der Waals surface area contributed by atoms with Gasteiger partial charge in [-0.1, -0.05) is 41.1 Å². The molecule has 1 amide bonds. The summed E-state index contributed by atoms with van der Waals surface area (Å²) in [6.07, 6.45) is 1.95. The minimum absolute atomic E-state index is 0.0290. The molecule has 0 aromatic heterocycles. The van der Waals surface area contributed by atoms with E-state index in [9.17, 15) is 9.59 Å². The zero-order valence-electron chi connectivity index (χ0n) is 11.3. The van der Waals surface area contributed by atoms with Gasteiger partial charge in [-0.15, -0.1) is 6.58 Å². The molecule has 0 saturated heterocycles. The standard InChI is InChI=1S/C15H18BrNO3/c1-3-4-13(15(19)20)17-14(18)9-10(2)11-5-7-12(16)8-6-11/h3,5-8,10,13H,1,4,9H2,2H3,(H,17,18)(H,19,20). The quantitative estimate of drug-likeness (QED) is 0.750. The molecule has 0 fully saturated rings. The molecule has 108 valence electrons. The van der Waals surface area contributed by atoms with E-state index in [1.54, 1.807) is 0 Å². The van der Waals surface area contributed by atoms with Gasteiger partial charge >= 0.3 is 5.97 Å². The van der Waals surface area contributed by atoms with E-state index >= 15 is 0 Å². The van der Waals surface area contributed by atoms with Crippen LogP contribution in [0.15, 0.2) is 41.4 Å². The lowest BCUT2D eigenvalue weighted by Gasteiger charge is -2.15. The molecule has 0 saturated carbocycles. The van der Waals surface area contributed by atoms with E-state index in [0.717, 1.165) is 10.0 Å². The average Bonchev–Trinajstić information content (AvgIpc) is 2.38. The number of carbonyl (C=O) groups excluding carboxylic acids is 1. The molecule has 1 rings (SSSR count). The van der Waals surface area contributed by atoms with Gasteiger partial charge in [0.25, 0.3) is 0 Å². The Hall–Kier alpha value is -1.62. The van der Waals surface area contributed by atoms with Crippen molar-refractivity contribution in [1.82, 2.24) is 5.32 Å². The molecule has 0 aliphatic rings. The Morgan fingerprint density at radius 3 is 2.50 bits per heavy atom. The lowest BCUT2D eigenvalue weighted by Crippen LogP contribution is -2.40. The SMILES string of the molecule is C=CCC(NC(=O)CC(C)c1ccc(Br)cc1)C(=O)O. The second-order valence-electron chi connectivity index (χ2n) is 4.64. The number of nitrogens with one attached hydrogen (secondary N) is 1. The molecule has 0 heterocycles. The molecule has 0 spiro atoms. The number of aliphatic carboxylic acids is 1. The van der Waals surface area contributed by atoms with E-state index in [2.05, 4.69) is 27.8 Å². The van der Waals surface area contributed by atoms with E-state index in [1.165, 1.54) is 6.08 Å². The summed E-state index contributed by atoms with van der Waals surface area (Å²) in [5, 5.41) is 11.5. The van der Waals surface area contributed by atoms with E-state index in [1.807, 2.05) is 31.2 Å². The van der Waals surface area contributed by atoms with Gasteiger partial charge in [0.15, 0.2) is 0 Å². The Bertz CT molecular complexity index is 484. The largest absolute Gasteiger partial charge is 0.480 e. The summed E-state index contributed by atoms with van der Waals surface area (Å²) in [7, 11) is 0. The predicted octanol–water partition coefficient (Wildman–Crippen LogP) is 3.09. The predicted molar refractivity (Wildman–Crippen MR) is 81.6 cm³/mol. The van der Waals surface area contributed by atoms with E-state index in [4.69, 9.17) is 5.11 Å². The summed E-state index contributed by atoms with van der Waals surface area (Å²) in [5.41, 5.74) is 1.04. The summed E-state index contributed by atoms with van der Waals surface area (Å²) >= 11 is 3.36. The van der Waals surface area contributed by atoms with Crippen molar-refractivity contribution < 1.29 is 14.7 Å². The molecule has 0 aliphatic heterocycles. The van der Waals surface area contributed by atoms with Gasteiger partial charge in [0, 0.05) is 10.9 Å². The molecule has 0 aliphatic carbocycles. The molecule has 1 aromatic carbocycles. The molecule has 2 N–H and O–H groups in total. The van der Waals surface area contributed by atoms with Crippen molar-refractivity contribution in [3.8, 4) is 0 Å². The van der Waals surface area contributed by atoms with Gasteiger partial charge in [0.05, 0.1) is 0 Å². The van der Waals surface area contributed by atoms with Crippen LogP contribution in [0.25, 0.3) is 0 Å². The first-order valence-electron chi connectivity index (χ1n) is 6.32. The van der Waals surface area contributed by atoms with Crippen LogP contribution in [0, 0.1) is 0 Å². The van der Waals surface area contributed by atoms with Crippen molar-refractivity contribution >= 4 is 27.8 Å². The van der Waals surface area contributed by atoms with Crippen LogP contribution in [0.2, 0.25) is 0 Å². The maximum Gasteiger partial charge on any atom is 0.326 e. The Morgan fingerprint density at radius 1 is 1.40 bits per heavy atom. The summed E-state index contributed by atoms with van der Waals surface area (Å²) in [5.74, 6) is -1.29. The van der Waals surface area contributed by atoms with Crippen molar-refractivity contribution in [2.75, 3.05) is 0 Å². The third kappa shape index (κ3) is 5.17. The molecule has 5 heteroatoms. The first kappa shape index (κ1) is 16.4. The monoisotopic (exact) mass is 339 g/mol. The second-order valence-corrected chi connectivity index (χ2v) is 5.56. The average molecular weight is 340 g/mol. The third-order valence-electron chi connectivity index (χ3n) is 2.97. The van der Waals surface area contributed by atoms with Crippen LogP contribution in [0.1, 0.15) is 31.2 Å². The van der Waals surface area contributed by atoms with Crippen LogP contribution >= 0.6 is 15.9 Å². The maximum absolute atomic E-state index is 11.9. The number of hydrogen-bond donors (Lipinski definition) is 2. The summed E-state index contributed by atoms with van der Waals surface area (Å²) in [4.78, 5) is 22.8. The normalized spacial score (nSPS) is 13.3. The fourth-order valence-electron chi connectivity index (χ4n) is 1.83. The number of carboxylic acid groups (broad SMARTS) is 1. The van der Waals surface area contributed by atoms with E-state index in [0.29, 0.717) is 0 Å². The third-order valence-corrected chi connectivity index (χ3v) is 3.49. The number of rotatable bonds is 7. The number of halogens is 1. The fraction of sp³-hybridized carbons (Fsp3) is 0.333. The highest BCUT2D eigenvalue weighted by Crippen LogP contribution is 2.21. The highest BCUT2D eigenvalue weighted by molar-refractivity contribution is 9.10. The second kappa shape index (κ2) is 7.85. The zero-order valence-corrected chi connectivity index (χ0v) is 12.9. The lowest BCUT2D eigenvalue weighted by atomic mass is 9.97. The number of hydrogen-bond acceptors (Lipinski definition) is 2. The molecule has 0 radical (unpaired) electrons. The van der Waals surface area contributed by atoms with Crippen LogP contribution in [-0.2, 0) is 9.59 Å². The van der Waals surface area contributed by atoms with Gasteiger partial charge in [0.2, 0.25) is 5.91 Å². The first-order valence-corrected chi connectivity index (χ1v) is 7.12. The maximum atomic E-state index is 11.9. The number of benzene rings is 1. The number of amides is 1. The molecule has 20 heavy (non-hydrogen) atoms. The van der Waals surface area contributed by atoms with Crippen molar-refractivity contribution in [2.45, 2.75) is 31.7 Å². The minimum atomic E-state index is -1.05. The Balaban J connectivity index is 2.58. The van der Waals surface area contributed by atoms with Gasteiger partial charge in [-0.05, 0) is 30.0 Å². The Morgan fingerprint density at radius 2 is 2.00 bits per heavy atom.